The molecule has 0 saturated carbocycles. The fraction of sp³-hybridized carbons (Fsp3) is 0.923. The minimum atomic E-state index is -0.614. The molecule has 1 amide bonds. The second kappa shape index (κ2) is 5.36. The number of amides is 1. The number of rotatable bonds is 3. The first-order valence-corrected chi connectivity index (χ1v) is 6.55. The first-order valence-electron chi connectivity index (χ1n) is 6.55. The number of aliphatic hydroxyl groups is 1. The van der Waals surface area contributed by atoms with Crippen LogP contribution in [-0.2, 0) is 4.79 Å². The minimum absolute atomic E-state index is 0.136. The molecule has 1 aliphatic heterocycles. The molecule has 4 nitrogen and oxygen atoms in total. The van der Waals surface area contributed by atoms with Crippen molar-refractivity contribution in [3.05, 3.63) is 0 Å². The van der Waals surface area contributed by atoms with Gasteiger partial charge in [-0.1, -0.05) is 6.92 Å². The Balaban J connectivity index is 2.64. The van der Waals surface area contributed by atoms with Crippen molar-refractivity contribution in [3.63, 3.8) is 0 Å². The van der Waals surface area contributed by atoms with Crippen molar-refractivity contribution in [1.82, 2.24) is 10.2 Å². The van der Waals surface area contributed by atoms with Crippen LogP contribution in [0.5, 0.6) is 0 Å². The summed E-state index contributed by atoms with van der Waals surface area (Å²) in [5.74, 6) is 0.136. The van der Waals surface area contributed by atoms with Crippen LogP contribution >= 0.6 is 0 Å². The van der Waals surface area contributed by atoms with Gasteiger partial charge in [-0.2, -0.15) is 0 Å². The molecule has 0 aliphatic carbocycles. The van der Waals surface area contributed by atoms with Gasteiger partial charge in [-0.25, -0.2) is 0 Å². The molecule has 1 heterocycles. The molecule has 1 rings (SSSR count). The predicted molar refractivity (Wildman–Crippen MR) is 68.8 cm³/mol. The fourth-order valence-electron chi connectivity index (χ4n) is 2.38. The summed E-state index contributed by atoms with van der Waals surface area (Å²) in [5, 5.41) is 13.2. The highest BCUT2D eigenvalue weighted by Crippen LogP contribution is 2.22. The van der Waals surface area contributed by atoms with E-state index < -0.39 is 11.1 Å². The van der Waals surface area contributed by atoms with Crippen LogP contribution in [0.25, 0.3) is 0 Å². The number of nitrogens with one attached hydrogen (secondary N) is 1. The van der Waals surface area contributed by atoms with Gasteiger partial charge in [0.05, 0.1) is 11.1 Å². The van der Waals surface area contributed by atoms with E-state index in [-0.39, 0.29) is 5.91 Å². The molecule has 17 heavy (non-hydrogen) atoms. The van der Waals surface area contributed by atoms with E-state index in [1.54, 1.807) is 0 Å². The monoisotopic (exact) mass is 242 g/mol. The molecule has 2 N–H and O–H groups in total. The van der Waals surface area contributed by atoms with E-state index in [4.69, 9.17) is 0 Å². The van der Waals surface area contributed by atoms with Gasteiger partial charge in [0.15, 0.2) is 0 Å². The third-order valence-corrected chi connectivity index (χ3v) is 3.50. The Kier molecular flexibility index (Phi) is 4.55. The summed E-state index contributed by atoms with van der Waals surface area (Å²) in [4.78, 5) is 14.2. The van der Waals surface area contributed by atoms with Crippen molar-refractivity contribution in [1.29, 1.82) is 0 Å². The van der Waals surface area contributed by atoms with Gasteiger partial charge >= 0.3 is 0 Å². The molecule has 4 heteroatoms. The van der Waals surface area contributed by atoms with E-state index in [2.05, 4.69) is 5.32 Å². The van der Waals surface area contributed by atoms with E-state index in [0.717, 1.165) is 25.9 Å². The van der Waals surface area contributed by atoms with Crippen LogP contribution in [0.1, 0.15) is 47.0 Å². The topological polar surface area (TPSA) is 52.6 Å². The number of hydrogen-bond donors (Lipinski definition) is 2. The molecule has 1 fully saturated rings. The number of carbonyl (C=O) groups is 1. The van der Waals surface area contributed by atoms with Gasteiger partial charge in [0.1, 0.15) is 0 Å². The molecular weight excluding hydrogens is 216 g/mol. The highest BCUT2D eigenvalue weighted by atomic mass is 16.3. The normalized spacial score (nSPS) is 26.8. The molecule has 1 aliphatic rings. The summed E-state index contributed by atoms with van der Waals surface area (Å²) in [6.07, 6.45) is 2.32. The standard InChI is InChI=1S/C13H26N2O2/c1-5-14-12(2,3)11(16)15-9-6-7-13(4,17)8-10-15/h14,17H,5-10H2,1-4H3. The van der Waals surface area contributed by atoms with Crippen molar-refractivity contribution in [2.24, 2.45) is 0 Å². The van der Waals surface area contributed by atoms with E-state index >= 15 is 0 Å². The molecule has 0 spiro atoms. The van der Waals surface area contributed by atoms with E-state index in [0.29, 0.717) is 13.0 Å². The van der Waals surface area contributed by atoms with Crippen LogP contribution in [0.15, 0.2) is 0 Å². The lowest BCUT2D eigenvalue weighted by molar-refractivity contribution is -0.137. The van der Waals surface area contributed by atoms with E-state index in [9.17, 15) is 9.90 Å². The molecule has 0 aromatic rings. The largest absolute Gasteiger partial charge is 0.390 e. The summed E-state index contributed by atoms with van der Waals surface area (Å²) >= 11 is 0. The molecule has 100 valence electrons. The zero-order valence-corrected chi connectivity index (χ0v) is 11.5. The number of carbonyl (C=O) groups excluding carboxylic acids is 1. The zero-order chi connectivity index (χ0) is 13.1. The minimum Gasteiger partial charge on any atom is -0.390 e. The van der Waals surface area contributed by atoms with Gasteiger partial charge in [0, 0.05) is 13.1 Å². The third-order valence-electron chi connectivity index (χ3n) is 3.50. The van der Waals surface area contributed by atoms with Gasteiger partial charge in [0.25, 0.3) is 0 Å². The van der Waals surface area contributed by atoms with Crippen molar-refractivity contribution < 1.29 is 9.90 Å². The lowest BCUT2D eigenvalue weighted by Gasteiger charge is -2.32. The van der Waals surface area contributed by atoms with Crippen LogP contribution in [0, 0.1) is 0 Å². The Labute approximate surface area is 104 Å². The fourth-order valence-corrected chi connectivity index (χ4v) is 2.38. The number of hydrogen-bond acceptors (Lipinski definition) is 3. The first-order chi connectivity index (χ1) is 7.78. The second-order valence-electron chi connectivity index (χ2n) is 5.80. The molecule has 0 radical (unpaired) electrons. The summed E-state index contributed by atoms with van der Waals surface area (Å²) in [5.41, 5.74) is -1.12. The second-order valence-corrected chi connectivity index (χ2v) is 5.80. The Morgan fingerprint density at radius 2 is 2.06 bits per heavy atom. The van der Waals surface area contributed by atoms with Gasteiger partial charge in [-0.3, -0.25) is 4.79 Å². The molecule has 0 aromatic heterocycles. The van der Waals surface area contributed by atoms with Gasteiger partial charge in [0.2, 0.25) is 5.91 Å². The van der Waals surface area contributed by atoms with E-state index in [1.807, 2.05) is 32.6 Å². The van der Waals surface area contributed by atoms with Gasteiger partial charge < -0.3 is 15.3 Å². The molecule has 0 aromatic carbocycles. The SMILES string of the molecule is CCNC(C)(C)C(=O)N1CCCC(C)(O)CC1. The van der Waals surface area contributed by atoms with Crippen LogP contribution in [0.2, 0.25) is 0 Å². The molecule has 1 atom stereocenters. The highest BCUT2D eigenvalue weighted by molar-refractivity contribution is 5.85. The average molecular weight is 242 g/mol. The maximum absolute atomic E-state index is 12.4. The van der Waals surface area contributed by atoms with Crippen LogP contribution in [-0.4, -0.2) is 46.7 Å². The van der Waals surface area contributed by atoms with Crippen LogP contribution in [0.3, 0.4) is 0 Å². The predicted octanol–water partition coefficient (Wildman–Crippen LogP) is 1.14. The third kappa shape index (κ3) is 3.96. The molecular formula is C13H26N2O2. The summed E-state index contributed by atoms with van der Waals surface area (Å²) in [6, 6.07) is 0. The summed E-state index contributed by atoms with van der Waals surface area (Å²) < 4.78 is 0. The number of likely N-dealkylation sites (tertiary alicyclic amines) is 1. The smallest absolute Gasteiger partial charge is 0.242 e. The maximum Gasteiger partial charge on any atom is 0.242 e. The van der Waals surface area contributed by atoms with Crippen molar-refractivity contribution >= 4 is 5.91 Å². The van der Waals surface area contributed by atoms with E-state index in [1.165, 1.54) is 0 Å². The van der Waals surface area contributed by atoms with Gasteiger partial charge in [-0.05, 0) is 46.6 Å². The zero-order valence-electron chi connectivity index (χ0n) is 11.5. The lowest BCUT2D eigenvalue weighted by Crippen LogP contribution is -2.54. The summed E-state index contributed by atoms with van der Waals surface area (Å²) in [6.45, 7) is 9.89. The number of nitrogens with zero attached hydrogens (tertiary/aromatic N) is 1. The molecule has 1 unspecified atom stereocenters. The van der Waals surface area contributed by atoms with Crippen molar-refractivity contribution in [2.45, 2.75) is 58.1 Å². The Morgan fingerprint density at radius 1 is 1.41 bits per heavy atom. The Bertz CT molecular complexity index is 275. The molecule has 0 bridgehead atoms. The highest BCUT2D eigenvalue weighted by Gasteiger charge is 2.34. The van der Waals surface area contributed by atoms with Crippen molar-refractivity contribution in [3.8, 4) is 0 Å². The summed E-state index contributed by atoms with van der Waals surface area (Å²) in [7, 11) is 0. The Hall–Kier alpha value is -0.610. The number of likely N-dealkylation sites (N-methyl/N-ethyl adjacent to an activating group) is 1. The van der Waals surface area contributed by atoms with Gasteiger partial charge in [-0.15, -0.1) is 0 Å². The maximum atomic E-state index is 12.4. The average Bonchev–Trinajstić information content (AvgIpc) is 2.38. The van der Waals surface area contributed by atoms with Crippen LogP contribution < -0.4 is 5.32 Å². The van der Waals surface area contributed by atoms with Crippen molar-refractivity contribution in [2.75, 3.05) is 19.6 Å². The first kappa shape index (κ1) is 14.5. The quantitative estimate of drug-likeness (QED) is 0.780. The van der Waals surface area contributed by atoms with Crippen LogP contribution in [0.4, 0.5) is 0 Å². The molecule has 1 saturated heterocycles. The lowest BCUT2D eigenvalue weighted by atomic mass is 9.98. The Morgan fingerprint density at radius 3 is 2.65 bits per heavy atom.